The normalized spacial score (nSPS) is 14.8. The fraction of sp³-hybridized carbons (Fsp3) is 0.467. The van der Waals surface area contributed by atoms with Crippen molar-refractivity contribution < 1.29 is 37.0 Å². The van der Waals surface area contributed by atoms with E-state index in [1.165, 1.54) is 19.1 Å². The van der Waals surface area contributed by atoms with Crippen molar-refractivity contribution in [3.8, 4) is 0 Å². The van der Waals surface area contributed by atoms with Crippen LogP contribution in [-0.2, 0) is 38.5 Å². The number of aromatic nitrogens is 2. The van der Waals surface area contributed by atoms with Crippen molar-refractivity contribution in [2.24, 2.45) is 4.99 Å². The molecule has 1 aliphatic rings. The molecule has 0 radical (unpaired) electrons. The van der Waals surface area contributed by atoms with Crippen molar-refractivity contribution in [2.75, 3.05) is 36.2 Å². The van der Waals surface area contributed by atoms with E-state index in [4.69, 9.17) is 9.47 Å². The number of anilines is 1. The Morgan fingerprint density at radius 3 is 2.50 bits per heavy atom. The number of rotatable bonds is 11. The third-order valence-electron chi connectivity index (χ3n) is 7.01. The maximum atomic E-state index is 13.4. The number of aryl methyl sites for hydroxylation is 1. The number of thioether (sulfide) groups is 1. The van der Waals surface area contributed by atoms with Crippen molar-refractivity contribution >= 4 is 54.3 Å². The van der Waals surface area contributed by atoms with Gasteiger partial charge in [0, 0.05) is 51.7 Å². The van der Waals surface area contributed by atoms with E-state index < -0.39 is 31.7 Å². The lowest BCUT2D eigenvalue weighted by molar-refractivity contribution is -0.141. The van der Waals surface area contributed by atoms with Crippen LogP contribution in [0.25, 0.3) is 11.0 Å². The van der Waals surface area contributed by atoms with Crippen LogP contribution in [0.5, 0.6) is 0 Å². The average Bonchev–Trinajstić information content (AvgIpc) is 3.23. The lowest BCUT2D eigenvalue weighted by Crippen LogP contribution is -2.38. The van der Waals surface area contributed by atoms with Crippen molar-refractivity contribution in [1.29, 1.82) is 0 Å². The Hall–Kier alpha value is -3.36. The van der Waals surface area contributed by atoms with Gasteiger partial charge in [0.15, 0.2) is 0 Å². The summed E-state index contributed by atoms with van der Waals surface area (Å²) in [7, 11) is -1.42. The molecule has 2 amide bonds. The van der Waals surface area contributed by atoms with Gasteiger partial charge in [-0.1, -0.05) is 25.7 Å². The molecule has 1 fully saturated rings. The molecule has 2 aromatic carbocycles. The summed E-state index contributed by atoms with van der Waals surface area (Å²) in [6, 6.07) is 10.6. The first-order chi connectivity index (χ1) is 20.7. The number of carbonyl (C=O) groups is 3. The van der Waals surface area contributed by atoms with E-state index in [9.17, 15) is 27.6 Å². The maximum Gasteiger partial charge on any atom is 0.416 e. The lowest BCUT2D eigenvalue weighted by Gasteiger charge is -2.26. The molecule has 0 unspecified atom stereocenters. The van der Waals surface area contributed by atoms with E-state index in [1.54, 1.807) is 25.8 Å². The van der Waals surface area contributed by atoms with Gasteiger partial charge < -0.3 is 18.9 Å². The van der Waals surface area contributed by atoms with Crippen molar-refractivity contribution in [3.05, 3.63) is 59.2 Å². The first-order valence-corrected chi connectivity index (χ1v) is 19.2. The molecular weight excluding hydrogens is 614 g/mol. The van der Waals surface area contributed by atoms with Crippen molar-refractivity contribution in [1.82, 2.24) is 9.13 Å². The van der Waals surface area contributed by atoms with Gasteiger partial charge in [0.1, 0.15) is 6.73 Å². The molecule has 0 atom stereocenters. The molecule has 0 aliphatic carbocycles. The third kappa shape index (κ3) is 8.63. The van der Waals surface area contributed by atoms with Crippen molar-refractivity contribution in [3.63, 3.8) is 0 Å². The molecule has 0 saturated carbocycles. The minimum Gasteiger partial charge on any atom is -0.466 e. The number of esters is 1. The summed E-state index contributed by atoms with van der Waals surface area (Å²) in [6.07, 6.45) is -4.23. The quantitative estimate of drug-likeness (QED) is 0.154. The van der Waals surface area contributed by atoms with Crippen LogP contribution in [0.4, 0.5) is 18.9 Å². The summed E-state index contributed by atoms with van der Waals surface area (Å²) in [6.45, 7) is 9.47. The number of alkyl halides is 3. The van der Waals surface area contributed by atoms with E-state index in [0.717, 1.165) is 23.9 Å². The minimum atomic E-state index is -4.62. The monoisotopic (exact) mass is 650 g/mol. The second-order valence-electron chi connectivity index (χ2n) is 11.7. The predicted octanol–water partition coefficient (Wildman–Crippen LogP) is 5.55. The molecule has 44 heavy (non-hydrogen) atoms. The first kappa shape index (κ1) is 33.5. The number of fused-ring (bicyclic) bond motifs is 1. The van der Waals surface area contributed by atoms with E-state index in [1.807, 2.05) is 18.2 Å². The number of halogens is 3. The average molecular weight is 651 g/mol. The fourth-order valence-corrected chi connectivity index (χ4v) is 6.24. The zero-order valence-electron chi connectivity index (χ0n) is 25.3. The van der Waals surface area contributed by atoms with Crippen molar-refractivity contribution in [2.45, 2.75) is 58.5 Å². The molecular formula is C30H37F3N4O5SSi. The lowest BCUT2D eigenvalue weighted by atomic mass is 10.1. The third-order valence-corrected chi connectivity index (χ3v) is 9.63. The highest BCUT2D eigenvalue weighted by molar-refractivity contribution is 8.00. The van der Waals surface area contributed by atoms with Crippen LogP contribution in [0.15, 0.2) is 47.5 Å². The molecule has 0 N–H and O–H groups in total. The van der Waals surface area contributed by atoms with Gasteiger partial charge in [-0.25, -0.2) is 0 Å². The predicted molar refractivity (Wildman–Crippen MR) is 166 cm³/mol. The smallest absolute Gasteiger partial charge is 0.416 e. The Balaban J connectivity index is 1.85. The van der Waals surface area contributed by atoms with Crippen LogP contribution < -0.4 is 10.5 Å². The summed E-state index contributed by atoms with van der Waals surface area (Å²) >= 11 is 1.57. The van der Waals surface area contributed by atoms with E-state index in [0.29, 0.717) is 48.6 Å². The van der Waals surface area contributed by atoms with Crippen LogP contribution in [0.2, 0.25) is 25.7 Å². The summed E-state index contributed by atoms with van der Waals surface area (Å²) in [5, 5.41) is 0. The van der Waals surface area contributed by atoms with Crippen LogP contribution in [0.1, 0.15) is 29.3 Å². The maximum absolute atomic E-state index is 13.4. The number of nitrogens with zero attached hydrogens (tertiary/aromatic N) is 4. The Kier molecular flexibility index (Phi) is 10.8. The standard InChI is InChI=1S/C30H37F3N4O5SSi/c1-21(38)42-13-6-11-36-25-10-9-24(35-12-15-43-19-27(35)39)18-26(25)37(20-41-14-16-44(2,3)4)29(36)34-28(40)22-7-5-8-23(17-22)30(31,32)33/h5,7-10,17-18H,6,11-16,19-20H2,1-4H3/b34-29-. The van der Waals surface area contributed by atoms with Crippen LogP contribution in [0.3, 0.4) is 0 Å². The van der Waals surface area contributed by atoms with E-state index in [-0.39, 0.29) is 30.4 Å². The number of carbonyl (C=O) groups excluding carboxylic acids is 3. The van der Waals surface area contributed by atoms with Gasteiger partial charge in [-0.3, -0.25) is 19.0 Å². The summed E-state index contributed by atoms with van der Waals surface area (Å²) in [5.41, 5.74) is 1.03. The van der Waals surface area contributed by atoms with Gasteiger partial charge in [-0.15, -0.1) is 0 Å². The largest absolute Gasteiger partial charge is 0.466 e. The number of amides is 2. The van der Waals surface area contributed by atoms with Crippen LogP contribution >= 0.6 is 11.8 Å². The van der Waals surface area contributed by atoms with E-state index in [2.05, 4.69) is 24.6 Å². The molecule has 1 aromatic heterocycles. The Morgan fingerprint density at radius 2 is 1.82 bits per heavy atom. The molecule has 1 aliphatic heterocycles. The Labute approximate surface area is 259 Å². The number of hydrogen-bond donors (Lipinski definition) is 0. The SMILES string of the molecule is CC(=O)OCCCn1/c(=N/C(=O)c2cccc(C(F)(F)F)c2)n(COCC[Si](C)(C)C)c2cc(N3CCSCC3=O)ccc21. The number of imidazole rings is 1. The van der Waals surface area contributed by atoms with Crippen LogP contribution in [0, 0.1) is 0 Å². The summed E-state index contributed by atoms with van der Waals surface area (Å²) < 4.78 is 54.9. The highest BCUT2D eigenvalue weighted by Crippen LogP contribution is 2.30. The second kappa shape index (κ2) is 14.2. The number of hydrogen-bond acceptors (Lipinski definition) is 6. The van der Waals surface area contributed by atoms with Gasteiger partial charge in [0.25, 0.3) is 5.91 Å². The molecule has 2 heterocycles. The van der Waals surface area contributed by atoms with Gasteiger partial charge >= 0.3 is 12.1 Å². The van der Waals surface area contributed by atoms with E-state index >= 15 is 0 Å². The molecule has 9 nitrogen and oxygen atoms in total. The Morgan fingerprint density at radius 1 is 1.05 bits per heavy atom. The second-order valence-corrected chi connectivity index (χ2v) is 18.4. The van der Waals surface area contributed by atoms with Crippen LogP contribution in [-0.4, -0.2) is 66.3 Å². The molecule has 0 spiro atoms. The first-order valence-electron chi connectivity index (χ1n) is 14.3. The molecule has 0 bridgehead atoms. The van der Waals surface area contributed by atoms with Gasteiger partial charge in [-0.05, 0) is 48.9 Å². The summed E-state index contributed by atoms with van der Waals surface area (Å²) in [5.74, 6) is -0.108. The summed E-state index contributed by atoms with van der Waals surface area (Å²) in [4.78, 5) is 43.5. The van der Waals surface area contributed by atoms with Gasteiger partial charge in [0.2, 0.25) is 11.5 Å². The molecule has 238 valence electrons. The number of ether oxygens (including phenoxy) is 2. The minimum absolute atomic E-state index is 0.0102. The molecule has 3 aromatic rings. The highest BCUT2D eigenvalue weighted by Gasteiger charge is 2.31. The highest BCUT2D eigenvalue weighted by atomic mass is 32.2. The zero-order valence-corrected chi connectivity index (χ0v) is 27.1. The molecule has 4 rings (SSSR count). The van der Waals surface area contributed by atoms with Gasteiger partial charge in [-0.2, -0.15) is 29.9 Å². The van der Waals surface area contributed by atoms with Gasteiger partial charge in [0.05, 0.1) is 29.0 Å². The topological polar surface area (TPSA) is 95.1 Å². The number of benzene rings is 2. The zero-order chi connectivity index (χ0) is 32.1. The molecule has 1 saturated heterocycles. The Bertz CT molecular complexity index is 1600. The fourth-order valence-electron chi connectivity index (χ4n) is 4.70. The molecule has 14 heteroatoms.